The molecule has 1 aromatic carbocycles. The van der Waals surface area contributed by atoms with E-state index in [-0.39, 0.29) is 24.8 Å². The zero-order valence-electron chi connectivity index (χ0n) is 22.2. The van der Waals surface area contributed by atoms with Crippen molar-refractivity contribution in [2.75, 3.05) is 26.4 Å². The molecule has 2 aliphatic heterocycles. The standard InChI is InChI=1S/C28H37N7O3/c1-3-4-24(23-13-20(2)32-27(33-23)7-10-34-11-8-30-18-34)35-12-9-29-17-22(35)15-28(36)31-16-21-5-6-25-26(14-21)38-19-37-25/h5-6,8,11,13-14,18,22,24,29H,3-4,7,9-10,12,15-17,19H2,1-2H3,(H,31,36). The fraction of sp³-hybridized carbons (Fsp3) is 0.500. The third-order valence-electron chi connectivity index (χ3n) is 7.12. The van der Waals surface area contributed by atoms with Gasteiger partial charge in [0.1, 0.15) is 5.82 Å². The van der Waals surface area contributed by atoms with Crippen molar-refractivity contribution in [1.29, 1.82) is 0 Å². The van der Waals surface area contributed by atoms with Crippen LogP contribution in [0.4, 0.5) is 0 Å². The quantitative estimate of drug-likeness (QED) is 0.398. The summed E-state index contributed by atoms with van der Waals surface area (Å²) in [4.78, 5) is 29.4. The van der Waals surface area contributed by atoms with E-state index in [2.05, 4.69) is 33.5 Å². The molecule has 3 aromatic rings. The zero-order valence-corrected chi connectivity index (χ0v) is 22.2. The Kier molecular flexibility index (Phi) is 8.50. The van der Waals surface area contributed by atoms with Gasteiger partial charge < -0.3 is 24.7 Å². The molecule has 2 N–H and O–H groups in total. The van der Waals surface area contributed by atoms with Crippen molar-refractivity contribution >= 4 is 5.91 Å². The molecule has 0 bridgehead atoms. The van der Waals surface area contributed by atoms with Gasteiger partial charge in [-0.2, -0.15) is 0 Å². The monoisotopic (exact) mass is 519 g/mol. The molecule has 2 aliphatic rings. The largest absolute Gasteiger partial charge is 0.454 e. The predicted octanol–water partition coefficient (Wildman–Crippen LogP) is 2.77. The topological polar surface area (TPSA) is 106 Å². The summed E-state index contributed by atoms with van der Waals surface area (Å²) in [7, 11) is 0. The Balaban J connectivity index is 1.25. The molecule has 38 heavy (non-hydrogen) atoms. The second kappa shape index (κ2) is 12.4. The van der Waals surface area contributed by atoms with E-state index < -0.39 is 0 Å². The number of carbonyl (C=O) groups is 1. The first-order valence-corrected chi connectivity index (χ1v) is 13.5. The Morgan fingerprint density at radius 3 is 2.97 bits per heavy atom. The summed E-state index contributed by atoms with van der Waals surface area (Å²) in [6.45, 7) is 8.28. The minimum atomic E-state index is 0.0384. The lowest BCUT2D eigenvalue weighted by Gasteiger charge is -2.41. The number of benzene rings is 1. The third kappa shape index (κ3) is 6.49. The first-order chi connectivity index (χ1) is 18.6. The Labute approximate surface area is 223 Å². The molecule has 202 valence electrons. The number of imidazole rings is 1. The van der Waals surface area contributed by atoms with Gasteiger partial charge in [0.15, 0.2) is 11.5 Å². The van der Waals surface area contributed by atoms with E-state index in [1.54, 1.807) is 6.20 Å². The third-order valence-corrected chi connectivity index (χ3v) is 7.12. The average molecular weight is 520 g/mol. The number of fused-ring (bicyclic) bond motifs is 1. The minimum Gasteiger partial charge on any atom is -0.454 e. The Bertz CT molecular complexity index is 1220. The summed E-state index contributed by atoms with van der Waals surface area (Å²) in [5.41, 5.74) is 3.02. The van der Waals surface area contributed by atoms with Gasteiger partial charge in [0.2, 0.25) is 12.7 Å². The van der Waals surface area contributed by atoms with Crippen molar-refractivity contribution in [1.82, 2.24) is 35.1 Å². The van der Waals surface area contributed by atoms with Crippen LogP contribution >= 0.6 is 0 Å². The summed E-state index contributed by atoms with van der Waals surface area (Å²) in [6, 6.07) is 8.11. The highest BCUT2D eigenvalue weighted by Crippen LogP contribution is 2.32. The summed E-state index contributed by atoms with van der Waals surface area (Å²) in [5.74, 6) is 2.36. The molecule has 10 nitrogen and oxygen atoms in total. The van der Waals surface area contributed by atoms with Crippen LogP contribution in [0.3, 0.4) is 0 Å². The molecule has 2 aromatic heterocycles. The number of carbonyl (C=O) groups excluding carboxylic acids is 1. The average Bonchev–Trinajstić information content (AvgIpc) is 3.61. The van der Waals surface area contributed by atoms with E-state index in [1.165, 1.54) is 0 Å². The van der Waals surface area contributed by atoms with Gasteiger partial charge >= 0.3 is 0 Å². The van der Waals surface area contributed by atoms with Gasteiger partial charge in [-0.3, -0.25) is 9.69 Å². The molecule has 0 radical (unpaired) electrons. The van der Waals surface area contributed by atoms with Gasteiger partial charge in [0.05, 0.1) is 18.1 Å². The van der Waals surface area contributed by atoms with E-state index in [4.69, 9.17) is 19.4 Å². The molecule has 4 heterocycles. The number of rotatable bonds is 11. The fourth-order valence-electron chi connectivity index (χ4n) is 5.26. The normalized spacial score (nSPS) is 17.9. The summed E-state index contributed by atoms with van der Waals surface area (Å²) in [6.07, 6.45) is 8.75. The van der Waals surface area contributed by atoms with Crippen molar-refractivity contribution in [3.05, 3.63) is 65.8 Å². The number of hydrogen-bond acceptors (Lipinski definition) is 8. The van der Waals surface area contributed by atoms with Crippen LogP contribution in [0, 0.1) is 6.92 Å². The molecular formula is C28H37N7O3. The van der Waals surface area contributed by atoms with Crippen molar-refractivity contribution < 1.29 is 14.3 Å². The molecule has 0 saturated carbocycles. The molecule has 1 saturated heterocycles. The highest BCUT2D eigenvalue weighted by atomic mass is 16.7. The van der Waals surface area contributed by atoms with Gasteiger partial charge in [-0.15, -0.1) is 0 Å². The van der Waals surface area contributed by atoms with Crippen LogP contribution in [0.2, 0.25) is 0 Å². The zero-order chi connectivity index (χ0) is 26.3. The van der Waals surface area contributed by atoms with Gasteiger partial charge in [0.25, 0.3) is 0 Å². The SMILES string of the molecule is CCCC(c1cc(C)nc(CCn2ccnc2)n1)N1CCNCC1CC(=O)NCc1ccc2c(c1)OCO2. The summed E-state index contributed by atoms with van der Waals surface area (Å²) in [5, 5.41) is 6.58. The van der Waals surface area contributed by atoms with Crippen molar-refractivity contribution in [3.8, 4) is 11.5 Å². The molecule has 2 unspecified atom stereocenters. The smallest absolute Gasteiger partial charge is 0.231 e. The maximum Gasteiger partial charge on any atom is 0.231 e. The van der Waals surface area contributed by atoms with Crippen LogP contribution in [-0.2, 0) is 24.3 Å². The molecule has 2 atom stereocenters. The lowest BCUT2D eigenvalue weighted by atomic mass is 9.99. The molecule has 1 fully saturated rings. The molecule has 0 spiro atoms. The number of piperazine rings is 1. The van der Waals surface area contributed by atoms with E-state index >= 15 is 0 Å². The van der Waals surface area contributed by atoms with Crippen LogP contribution in [0.1, 0.15) is 55.0 Å². The Hall–Kier alpha value is -3.50. The van der Waals surface area contributed by atoms with E-state index in [0.29, 0.717) is 13.0 Å². The lowest BCUT2D eigenvalue weighted by Crippen LogP contribution is -2.54. The number of ether oxygens (including phenoxy) is 2. The first-order valence-electron chi connectivity index (χ1n) is 13.5. The highest BCUT2D eigenvalue weighted by Gasteiger charge is 2.32. The molecular weight excluding hydrogens is 482 g/mol. The fourth-order valence-corrected chi connectivity index (χ4v) is 5.26. The number of hydrogen-bond donors (Lipinski definition) is 2. The van der Waals surface area contributed by atoms with Crippen molar-refractivity contribution in [2.24, 2.45) is 0 Å². The van der Waals surface area contributed by atoms with Crippen molar-refractivity contribution in [3.63, 3.8) is 0 Å². The number of aryl methyl sites for hydroxylation is 3. The van der Waals surface area contributed by atoms with Gasteiger partial charge in [-0.25, -0.2) is 15.0 Å². The Morgan fingerprint density at radius 1 is 1.24 bits per heavy atom. The second-order valence-electron chi connectivity index (χ2n) is 9.97. The van der Waals surface area contributed by atoms with Crippen LogP contribution in [-0.4, -0.2) is 62.8 Å². The number of nitrogens with one attached hydrogen (secondary N) is 2. The van der Waals surface area contributed by atoms with Gasteiger partial charge in [0, 0.05) is 69.7 Å². The van der Waals surface area contributed by atoms with Gasteiger partial charge in [-0.1, -0.05) is 19.4 Å². The molecule has 5 rings (SSSR count). The van der Waals surface area contributed by atoms with E-state index in [0.717, 1.165) is 79.7 Å². The van der Waals surface area contributed by atoms with E-state index in [9.17, 15) is 4.79 Å². The molecule has 1 amide bonds. The summed E-state index contributed by atoms with van der Waals surface area (Å²) < 4.78 is 12.9. The van der Waals surface area contributed by atoms with Crippen LogP contribution < -0.4 is 20.1 Å². The highest BCUT2D eigenvalue weighted by molar-refractivity contribution is 5.76. The summed E-state index contributed by atoms with van der Waals surface area (Å²) >= 11 is 0. The Morgan fingerprint density at radius 2 is 2.13 bits per heavy atom. The number of amides is 1. The van der Waals surface area contributed by atoms with Crippen LogP contribution in [0.5, 0.6) is 11.5 Å². The molecule has 0 aliphatic carbocycles. The first kappa shape index (κ1) is 26.1. The maximum atomic E-state index is 13.0. The van der Waals surface area contributed by atoms with Gasteiger partial charge in [-0.05, 0) is 37.1 Å². The second-order valence-corrected chi connectivity index (χ2v) is 9.97. The lowest BCUT2D eigenvalue weighted by molar-refractivity contribution is -0.123. The van der Waals surface area contributed by atoms with Crippen molar-refractivity contribution in [2.45, 2.75) is 64.7 Å². The minimum absolute atomic E-state index is 0.0384. The maximum absolute atomic E-state index is 13.0. The predicted molar refractivity (Wildman–Crippen MR) is 143 cm³/mol. The number of aromatic nitrogens is 4. The number of nitrogens with zero attached hydrogens (tertiary/aromatic N) is 5. The van der Waals surface area contributed by atoms with Crippen LogP contribution in [0.25, 0.3) is 0 Å². The van der Waals surface area contributed by atoms with E-state index in [1.807, 2.05) is 42.2 Å². The van der Waals surface area contributed by atoms with Crippen LogP contribution in [0.15, 0.2) is 43.0 Å². The molecule has 10 heteroatoms.